The summed E-state index contributed by atoms with van der Waals surface area (Å²) in [5, 5.41) is 12.7. The van der Waals surface area contributed by atoms with E-state index in [1.54, 1.807) is 10.8 Å². The van der Waals surface area contributed by atoms with Crippen molar-refractivity contribution in [1.29, 1.82) is 0 Å². The molecule has 0 saturated carbocycles. The van der Waals surface area contributed by atoms with Crippen LogP contribution in [0.1, 0.15) is 30.1 Å². The molecule has 0 heterocycles. The quantitative estimate of drug-likeness (QED) is 0.448. The lowest BCUT2D eigenvalue weighted by molar-refractivity contribution is 0.0951. The molecule has 2 aromatic carbocycles. The third kappa shape index (κ3) is 5.92. The highest BCUT2D eigenvalue weighted by Gasteiger charge is 2.14. The Hall–Kier alpha value is -1.73. The molecule has 3 nitrogen and oxygen atoms in total. The monoisotopic (exact) mass is 397 g/mol. The normalized spacial score (nSPS) is 10.7. The van der Waals surface area contributed by atoms with Gasteiger partial charge in [0, 0.05) is 29.7 Å². The lowest BCUT2D eigenvalue weighted by Gasteiger charge is -2.10. The average Bonchev–Trinajstić information content (AvgIpc) is 2.61. The number of halogens is 2. The van der Waals surface area contributed by atoms with Gasteiger partial charge in [0.2, 0.25) is 0 Å². The lowest BCUT2D eigenvalue weighted by atomic mass is 10.0. The third-order valence-corrected chi connectivity index (χ3v) is 6.24. The molecule has 2 rings (SSSR count). The SMILES string of the molecule is CCCSSCCCNC(=O)c1cc(-c2ccc(F)cc2F)ccc1O. The molecule has 7 heteroatoms. The van der Waals surface area contributed by atoms with Gasteiger partial charge in [-0.25, -0.2) is 8.78 Å². The number of phenols is 1. The largest absolute Gasteiger partial charge is 0.507 e. The minimum atomic E-state index is -0.719. The number of phenolic OH excluding ortho intramolecular Hbond substituents is 1. The van der Waals surface area contributed by atoms with E-state index in [-0.39, 0.29) is 16.9 Å². The van der Waals surface area contributed by atoms with E-state index in [9.17, 15) is 18.7 Å². The Morgan fingerprint density at radius 3 is 2.62 bits per heavy atom. The molecule has 2 N–H and O–H groups in total. The molecule has 2 aromatic rings. The summed E-state index contributed by atoms with van der Waals surface area (Å²) >= 11 is 0. The molecule has 140 valence electrons. The van der Waals surface area contributed by atoms with Crippen LogP contribution in [0, 0.1) is 11.6 Å². The molecular formula is C19H21F2NO2S2. The van der Waals surface area contributed by atoms with Crippen molar-refractivity contribution in [3.63, 3.8) is 0 Å². The maximum absolute atomic E-state index is 13.9. The molecule has 0 saturated heterocycles. The number of benzene rings is 2. The number of carbonyl (C=O) groups is 1. The second kappa shape index (κ2) is 10.4. The standard InChI is InChI=1S/C19H21F2NO2S2/c1-2-9-25-26-10-3-8-22-19(24)16-11-13(4-7-18(16)23)15-6-5-14(20)12-17(15)21/h4-7,11-12,23H,2-3,8-10H2,1H3,(H,22,24). The van der Waals surface area contributed by atoms with Crippen LogP contribution < -0.4 is 5.32 Å². The Morgan fingerprint density at radius 1 is 1.12 bits per heavy atom. The fourth-order valence-electron chi connectivity index (χ4n) is 2.24. The summed E-state index contributed by atoms with van der Waals surface area (Å²) in [6.07, 6.45) is 1.96. The van der Waals surface area contributed by atoms with Crippen molar-refractivity contribution < 1.29 is 18.7 Å². The molecule has 1 amide bonds. The van der Waals surface area contributed by atoms with Crippen molar-refractivity contribution in [3.05, 3.63) is 53.6 Å². The van der Waals surface area contributed by atoms with E-state index in [4.69, 9.17) is 0 Å². The molecule has 0 bridgehead atoms. The van der Waals surface area contributed by atoms with Crippen LogP contribution in [-0.4, -0.2) is 29.1 Å². The first-order valence-corrected chi connectivity index (χ1v) is 10.8. The first-order valence-electron chi connectivity index (χ1n) is 8.34. The van der Waals surface area contributed by atoms with Crippen LogP contribution in [0.5, 0.6) is 5.75 Å². The van der Waals surface area contributed by atoms with Crippen molar-refractivity contribution in [3.8, 4) is 16.9 Å². The van der Waals surface area contributed by atoms with Crippen LogP contribution >= 0.6 is 21.6 Å². The minimum absolute atomic E-state index is 0.0687. The van der Waals surface area contributed by atoms with Crippen molar-refractivity contribution in [2.45, 2.75) is 19.8 Å². The van der Waals surface area contributed by atoms with Crippen LogP contribution in [0.4, 0.5) is 8.78 Å². The number of nitrogens with one attached hydrogen (secondary N) is 1. The van der Waals surface area contributed by atoms with Gasteiger partial charge >= 0.3 is 0 Å². The maximum Gasteiger partial charge on any atom is 0.255 e. The molecule has 0 unspecified atom stereocenters. The third-order valence-electron chi connectivity index (χ3n) is 3.54. The molecule has 0 aromatic heterocycles. The number of rotatable bonds is 9. The summed E-state index contributed by atoms with van der Waals surface area (Å²) in [5.41, 5.74) is 0.640. The molecule has 26 heavy (non-hydrogen) atoms. The van der Waals surface area contributed by atoms with Gasteiger partial charge in [0.15, 0.2) is 0 Å². The van der Waals surface area contributed by atoms with E-state index >= 15 is 0 Å². The summed E-state index contributed by atoms with van der Waals surface area (Å²) in [6.45, 7) is 2.62. The lowest BCUT2D eigenvalue weighted by Crippen LogP contribution is -2.24. The zero-order valence-corrected chi connectivity index (χ0v) is 16.1. The van der Waals surface area contributed by atoms with E-state index in [1.165, 1.54) is 24.3 Å². The van der Waals surface area contributed by atoms with Gasteiger partial charge in [0.1, 0.15) is 17.4 Å². The number of hydrogen-bond acceptors (Lipinski definition) is 4. The van der Waals surface area contributed by atoms with Crippen molar-refractivity contribution in [2.75, 3.05) is 18.1 Å². The second-order valence-electron chi connectivity index (χ2n) is 5.61. The number of hydrogen-bond donors (Lipinski definition) is 2. The van der Waals surface area contributed by atoms with E-state index in [0.29, 0.717) is 12.1 Å². The van der Waals surface area contributed by atoms with Gasteiger partial charge in [-0.15, -0.1) is 0 Å². The molecule has 0 atom stereocenters. The Morgan fingerprint density at radius 2 is 1.88 bits per heavy atom. The van der Waals surface area contributed by atoms with E-state index in [2.05, 4.69) is 12.2 Å². The fourth-order valence-corrected chi connectivity index (χ4v) is 4.46. The second-order valence-corrected chi connectivity index (χ2v) is 8.31. The Bertz CT molecular complexity index is 756. The summed E-state index contributed by atoms with van der Waals surface area (Å²) in [5.74, 6) is 0.0522. The minimum Gasteiger partial charge on any atom is -0.507 e. The van der Waals surface area contributed by atoms with Crippen LogP contribution in [0.25, 0.3) is 11.1 Å². The van der Waals surface area contributed by atoms with Crippen molar-refractivity contribution in [1.82, 2.24) is 5.32 Å². The van der Waals surface area contributed by atoms with Gasteiger partial charge in [-0.2, -0.15) is 0 Å². The van der Waals surface area contributed by atoms with Gasteiger partial charge < -0.3 is 10.4 Å². The average molecular weight is 398 g/mol. The molecular weight excluding hydrogens is 376 g/mol. The fraction of sp³-hybridized carbons (Fsp3) is 0.316. The molecule has 0 spiro atoms. The van der Waals surface area contributed by atoms with Gasteiger partial charge in [0.25, 0.3) is 5.91 Å². The number of amides is 1. The highest BCUT2D eigenvalue weighted by molar-refractivity contribution is 8.76. The molecule has 0 aliphatic rings. The molecule has 0 fully saturated rings. The van der Waals surface area contributed by atoms with Gasteiger partial charge in [-0.05, 0) is 42.7 Å². The molecule has 0 aliphatic heterocycles. The Labute approximate surface area is 160 Å². The van der Waals surface area contributed by atoms with E-state index in [1.807, 2.05) is 10.8 Å². The summed E-state index contributed by atoms with van der Waals surface area (Å²) in [6, 6.07) is 7.49. The van der Waals surface area contributed by atoms with Gasteiger partial charge in [-0.3, -0.25) is 4.79 Å². The summed E-state index contributed by atoms with van der Waals surface area (Å²) in [7, 11) is 3.59. The van der Waals surface area contributed by atoms with Gasteiger partial charge in [-0.1, -0.05) is 34.6 Å². The predicted octanol–water partition coefficient (Wildman–Crippen LogP) is 5.25. The van der Waals surface area contributed by atoms with E-state index in [0.717, 1.165) is 36.5 Å². The maximum atomic E-state index is 13.9. The highest BCUT2D eigenvalue weighted by atomic mass is 33.1. The van der Waals surface area contributed by atoms with Gasteiger partial charge in [0.05, 0.1) is 5.56 Å². The summed E-state index contributed by atoms with van der Waals surface area (Å²) in [4.78, 5) is 12.3. The van der Waals surface area contributed by atoms with Crippen LogP contribution in [0.3, 0.4) is 0 Å². The van der Waals surface area contributed by atoms with Crippen LogP contribution in [-0.2, 0) is 0 Å². The topological polar surface area (TPSA) is 49.3 Å². The van der Waals surface area contributed by atoms with Crippen molar-refractivity contribution in [2.24, 2.45) is 0 Å². The van der Waals surface area contributed by atoms with E-state index < -0.39 is 17.5 Å². The number of aromatic hydroxyl groups is 1. The first-order chi connectivity index (χ1) is 12.5. The Balaban J connectivity index is 1.99. The summed E-state index contributed by atoms with van der Waals surface area (Å²) < 4.78 is 27.0. The predicted molar refractivity (Wildman–Crippen MR) is 106 cm³/mol. The number of carbonyl (C=O) groups excluding carboxylic acids is 1. The Kier molecular flexibility index (Phi) is 8.25. The first kappa shape index (κ1) is 20.6. The van der Waals surface area contributed by atoms with Crippen molar-refractivity contribution >= 4 is 27.5 Å². The molecule has 0 radical (unpaired) electrons. The zero-order chi connectivity index (χ0) is 18.9. The molecule has 0 aliphatic carbocycles. The smallest absolute Gasteiger partial charge is 0.255 e. The van der Waals surface area contributed by atoms with Crippen LogP contribution in [0.2, 0.25) is 0 Å². The highest BCUT2D eigenvalue weighted by Crippen LogP contribution is 2.28. The van der Waals surface area contributed by atoms with Crippen LogP contribution in [0.15, 0.2) is 36.4 Å². The zero-order valence-electron chi connectivity index (χ0n) is 14.4.